The molecule has 1 rings (SSSR count). The highest BCUT2D eigenvalue weighted by Crippen LogP contribution is 2.46. The third-order valence-electron chi connectivity index (χ3n) is 4.21. The van der Waals surface area contributed by atoms with Crippen molar-refractivity contribution in [1.29, 1.82) is 0 Å². The Bertz CT molecular complexity index is 359. The molecule has 110 valence electrons. The van der Waals surface area contributed by atoms with E-state index in [1.807, 2.05) is 6.92 Å². The minimum atomic E-state index is -1.82. The lowest BCUT2D eigenvalue weighted by atomic mass is 10.2. The molecule has 1 aliphatic heterocycles. The van der Waals surface area contributed by atoms with Gasteiger partial charge in [-0.05, 0) is 37.4 Å². The molecule has 0 aromatic rings. The number of ether oxygens (including phenoxy) is 1. The first-order valence-electron chi connectivity index (χ1n) is 7.52. The van der Waals surface area contributed by atoms with Crippen LogP contribution in [0.5, 0.6) is 0 Å². The Morgan fingerprint density at radius 2 is 1.84 bits per heavy atom. The van der Waals surface area contributed by atoms with E-state index >= 15 is 0 Å². The van der Waals surface area contributed by atoms with Gasteiger partial charge in [-0.25, -0.2) is 0 Å². The minimum Gasteiger partial charge on any atom is -0.379 e. The van der Waals surface area contributed by atoms with E-state index in [2.05, 4.69) is 52.6 Å². The average molecular weight is 282 g/mol. The third kappa shape index (κ3) is 4.34. The Morgan fingerprint density at radius 3 is 2.26 bits per heavy atom. The lowest BCUT2D eigenvalue weighted by Gasteiger charge is -2.37. The van der Waals surface area contributed by atoms with Crippen LogP contribution in [0.25, 0.3) is 0 Å². The Labute approximate surface area is 120 Å². The first-order chi connectivity index (χ1) is 8.65. The molecule has 0 aromatic carbocycles. The first-order valence-corrected chi connectivity index (χ1v) is 10.4. The maximum absolute atomic E-state index is 6.36. The van der Waals surface area contributed by atoms with Crippen molar-refractivity contribution in [3.8, 4) is 11.8 Å². The van der Waals surface area contributed by atoms with Gasteiger partial charge < -0.3 is 9.16 Å². The standard InChI is InChI=1S/C16H30O2Si/c1-8-9-10-11-12-13-16(14(2)17-16)18-19(6,7)15(3,4)5/h14H,8-11H2,1-7H3. The van der Waals surface area contributed by atoms with Crippen LogP contribution >= 0.6 is 0 Å². The quantitative estimate of drug-likeness (QED) is 0.315. The molecule has 0 bridgehead atoms. The van der Waals surface area contributed by atoms with Gasteiger partial charge in [0.15, 0.2) is 8.32 Å². The van der Waals surface area contributed by atoms with Crippen molar-refractivity contribution in [3.05, 3.63) is 0 Å². The van der Waals surface area contributed by atoms with Crippen LogP contribution in [0.4, 0.5) is 0 Å². The zero-order valence-corrected chi connectivity index (χ0v) is 14.7. The largest absolute Gasteiger partial charge is 0.379 e. The summed E-state index contributed by atoms with van der Waals surface area (Å²) in [6.07, 6.45) is 4.72. The Kier molecular flexibility index (Phi) is 5.28. The molecule has 0 radical (unpaired) electrons. The molecule has 2 nitrogen and oxygen atoms in total. The molecular weight excluding hydrogens is 252 g/mol. The Hall–Kier alpha value is -0.303. The molecule has 0 spiro atoms. The summed E-state index contributed by atoms with van der Waals surface area (Å²) in [5.74, 6) is 5.89. The molecule has 2 atom stereocenters. The maximum Gasteiger partial charge on any atom is 0.252 e. The average Bonchev–Trinajstić information content (AvgIpc) is 2.86. The Morgan fingerprint density at radius 1 is 1.26 bits per heavy atom. The summed E-state index contributed by atoms with van der Waals surface area (Å²) in [4.78, 5) is 0. The van der Waals surface area contributed by atoms with Crippen molar-refractivity contribution >= 4 is 8.32 Å². The third-order valence-corrected chi connectivity index (χ3v) is 8.64. The molecule has 0 aromatic heterocycles. The van der Waals surface area contributed by atoms with Gasteiger partial charge in [0.05, 0.1) is 0 Å². The van der Waals surface area contributed by atoms with E-state index in [9.17, 15) is 0 Å². The molecule has 19 heavy (non-hydrogen) atoms. The van der Waals surface area contributed by atoms with Crippen LogP contribution in [-0.4, -0.2) is 20.2 Å². The van der Waals surface area contributed by atoms with Crippen molar-refractivity contribution in [2.24, 2.45) is 0 Å². The van der Waals surface area contributed by atoms with Crippen molar-refractivity contribution < 1.29 is 9.16 Å². The second kappa shape index (κ2) is 5.99. The van der Waals surface area contributed by atoms with Gasteiger partial charge in [-0.1, -0.05) is 46.5 Å². The SMILES string of the molecule is CCCCCC#CC1(O[Si](C)(C)C(C)(C)C)OC1C. The van der Waals surface area contributed by atoms with Gasteiger partial charge in [-0.15, -0.1) is 0 Å². The van der Waals surface area contributed by atoms with Crippen LogP contribution in [0.15, 0.2) is 0 Å². The predicted molar refractivity (Wildman–Crippen MR) is 83.5 cm³/mol. The molecule has 0 aliphatic carbocycles. The van der Waals surface area contributed by atoms with Crippen molar-refractivity contribution in [3.63, 3.8) is 0 Å². The normalized spacial score (nSPS) is 26.8. The number of rotatable bonds is 5. The zero-order valence-electron chi connectivity index (χ0n) is 13.7. The second-order valence-corrected chi connectivity index (χ2v) is 11.8. The number of hydrogen-bond acceptors (Lipinski definition) is 2. The van der Waals surface area contributed by atoms with Gasteiger partial charge >= 0.3 is 0 Å². The van der Waals surface area contributed by atoms with Crippen LogP contribution < -0.4 is 0 Å². The van der Waals surface area contributed by atoms with E-state index in [4.69, 9.17) is 9.16 Å². The van der Waals surface area contributed by atoms with Crippen LogP contribution in [0, 0.1) is 11.8 Å². The molecule has 1 fully saturated rings. The number of unbranched alkanes of at least 4 members (excludes halogenated alkanes) is 3. The highest BCUT2D eigenvalue weighted by Gasteiger charge is 2.58. The highest BCUT2D eigenvalue weighted by atomic mass is 28.4. The van der Waals surface area contributed by atoms with Gasteiger partial charge in [-0.2, -0.15) is 0 Å². The maximum atomic E-state index is 6.36. The molecule has 1 saturated heterocycles. The fourth-order valence-corrected chi connectivity index (χ4v) is 3.00. The first kappa shape index (κ1) is 16.8. The molecule has 2 unspecified atom stereocenters. The van der Waals surface area contributed by atoms with E-state index in [0.717, 1.165) is 6.42 Å². The van der Waals surface area contributed by atoms with Crippen LogP contribution in [0.1, 0.15) is 60.3 Å². The lowest BCUT2D eigenvalue weighted by Crippen LogP contribution is -2.45. The Balaban J connectivity index is 2.63. The molecule has 0 saturated carbocycles. The zero-order chi connectivity index (χ0) is 14.7. The minimum absolute atomic E-state index is 0.111. The summed E-state index contributed by atoms with van der Waals surface area (Å²) in [7, 11) is -1.82. The fourth-order valence-electron chi connectivity index (χ4n) is 1.67. The molecule has 0 N–H and O–H groups in total. The van der Waals surface area contributed by atoms with Crippen molar-refractivity contribution in [1.82, 2.24) is 0 Å². The monoisotopic (exact) mass is 282 g/mol. The van der Waals surface area contributed by atoms with Gasteiger partial charge in [0.25, 0.3) is 5.79 Å². The summed E-state index contributed by atoms with van der Waals surface area (Å²) >= 11 is 0. The van der Waals surface area contributed by atoms with Crippen molar-refractivity contribution in [2.75, 3.05) is 0 Å². The van der Waals surface area contributed by atoms with Crippen LogP contribution in [0.3, 0.4) is 0 Å². The highest BCUT2D eigenvalue weighted by molar-refractivity contribution is 6.74. The summed E-state index contributed by atoms with van der Waals surface area (Å²) in [5.41, 5.74) is 0. The van der Waals surface area contributed by atoms with E-state index < -0.39 is 14.1 Å². The van der Waals surface area contributed by atoms with E-state index in [0.29, 0.717) is 0 Å². The van der Waals surface area contributed by atoms with Crippen LogP contribution in [-0.2, 0) is 9.16 Å². The van der Waals surface area contributed by atoms with Gasteiger partial charge in [0, 0.05) is 6.42 Å². The summed E-state index contributed by atoms with van der Waals surface area (Å²) < 4.78 is 12.0. The second-order valence-electron chi connectivity index (χ2n) is 7.05. The molecule has 0 amide bonds. The summed E-state index contributed by atoms with van der Waals surface area (Å²) in [6.45, 7) is 15.5. The lowest BCUT2D eigenvalue weighted by molar-refractivity contribution is 0.101. The van der Waals surface area contributed by atoms with Gasteiger partial charge in [0.2, 0.25) is 0 Å². The number of hydrogen-bond donors (Lipinski definition) is 0. The van der Waals surface area contributed by atoms with Gasteiger partial charge in [0.1, 0.15) is 6.10 Å². The van der Waals surface area contributed by atoms with E-state index in [1.54, 1.807) is 0 Å². The fraction of sp³-hybridized carbons (Fsp3) is 0.875. The van der Waals surface area contributed by atoms with E-state index in [-0.39, 0.29) is 11.1 Å². The smallest absolute Gasteiger partial charge is 0.252 e. The summed E-state index contributed by atoms with van der Waals surface area (Å²) in [5, 5.41) is 0.190. The summed E-state index contributed by atoms with van der Waals surface area (Å²) in [6, 6.07) is 0. The topological polar surface area (TPSA) is 21.8 Å². The van der Waals surface area contributed by atoms with Crippen molar-refractivity contribution in [2.45, 2.75) is 90.3 Å². The molecule has 1 heterocycles. The van der Waals surface area contributed by atoms with E-state index in [1.165, 1.54) is 19.3 Å². The molecular formula is C16H30O2Si. The van der Waals surface area contributed by atoms with Gasteiger partial charge in [-0.3, -0.25) is 0 Å². The number of epoxide rings is 1. The van der Waals surface area contributed by atoms with Crippen LogP contribution in [0.2, 0.25) is 18.1 Å². The molecule has 3 heteroatoms. The molecule has 1 aliphatic rings. The predicted octanol–water partition coefficient (Wildman–Crippen LogP) is 4.71.